The molecule has 0 aliphatic carbocycles. The van der Waals surface area contributed by atoms with Crippen LogP contribution >= 0.6 is 0 Å². The number of carboxylic acids is 1. The minimum Gasteiger partial charge on any atom is -0.481 e. The number of carboxylic acid groups (broad SMARTS) is 1. The van der Waals surface area contributed by atoms with Gasteiger partial charge < -0.3 is 14.1 Å². The monoisotopic (exact) mass is 364 g/mol. The number of oxazole rings is 1. The van der Waals surface area contributed by atoms with Gasteiger partial charge in [-0.3, -0.25) is 4.79 Å². The van der Waals surface area contributed by atoms with Crippen molar-refractivity contribution in [2.45, 2.75) is 19.9 Å². The number of hydrogen-bond donors (Lipinski definition) is 1. The second kappa shape index (κ2) is 6.72. The van der Waals surface area contributed by atoms with Crippen LogP contribution in [0.15, 0.2) is 59.0 Å². The number of aromatic nitrogens is 2. The summed E-state index contributed by atoms with van der Waals surface area (Å²) in [7, 11) is 0. The largest absolute Gasteiger partial charge is 0.481 e. The van der Waals surface area contributed by atoms with E-state index in [1.807, 2.05) is 37.3 Å². The second-order valence-corrected chi connectivity index (χ2v) is 6.20. The zero-order valence-corrected chi connectivity index (χ0v) is 14.6. The van der Waals surface area contributed by atoms with Crippen LogP contribution in [0, 0.1) is 5.82 Å². The predicted molar refractivity (Wildman–Crippen MR) is 99.8 cm³/mol. The van der Waals surface area contributed by atoms with Crippen molar-refractivity contribution in [3.63, 3.8) is 0 Å². The molecule has 4 aromatic rings. The molecule has 1 N–H and O–H groups in total. The van der Waals surface area contributed by atoms with Gasteiger partial charge in [-0.1, -0.05) is 18.2 Å². The maximum absolute atomic E-state index is 13.2. The van der Waals surface area contributed by atoms with E-state index in [0.29, 0.717) is 23.6 Å². The van der Waals surface area contributed by atoms with Gasteiger partial charge in [0, 0.05) is 23.0 Å². The topological polar surface area (TPSA) is 68.3 Å². The van der Waals surface area contributed by atoms with E-state index < -0.39 is 5.97 Å². The van der Waals surface area contributed by atoms with Gasteiger partial charge in [0.15, 0.2) is 5.76 Å². The highest BCUT2D eigenvalue weighted by Gasteiger charge is 2.22. The molecule has 2 aromatic carbocycles. The summed E-state index contributed by atoms with van der Waals surface area (Å²) in [5.41, 5.74) is 2.75. The van der Waals surface area contributed by atoms with Gasteiger partial charge in [0.05, 0.1) is 12.1 Å². The molecule has 0 atom stereocenters. The summed E-state index contributed by atoms with van der Waals surface area (Å²) in [6.07, 6.45) is -0.259. The van der Waals surface area contributed by atoms with Crippen LogP contribution in [0.25, 0.3) is 33.8 Å². The molecule has 0 unspecified atom stereocenters. The number of rotatable bonds is 5. The lowest BCUT2D eigenvalue weighted by molar-refractivity contribution is -0.136. The van der Waals surface area contributed by atoms with Crippen molar-refractivity contribution in [2.75, 3.05) is 0 Å². The molecular weight excluding hydrogens is 347 g/mol. The van der Waals surface area contributed by atoms with Crippen molar-refractivity contribution in [3.05, 3.63) is 66.1 Å². The molecule has 6 heteroatoms. The van der Waals surface area contributed by atoms with Crippen LogP contribution in [-0.4, -0.2) is 20.6 Å². The third-order valence-electron chi connectivity index (χ3n) is 4.47. The molecule has 0 saturated heterocycles. The molecule has 5 nitrogen and oxygen atoms in total. The Morgan fingerprint density at radius 3 is 2.63 bits per heavy atom. The Bertz CT molecular complexity index is 1130. The normalized spacial score (nSPS) is 11.2. The summed E-state index contributed by atoms with van der Waals surface area (Å²) in [6.45, 7) is 2.71. The van der Waals surface area contributed by atoms with Crippen LogP contribution in [-0.2, 0) is 17.8 Å². The lowest BCUT2D eigenvalue weighted by Crippen LogP contribution is -2.03. The molecule has 0 aliphatic rings. The summed E-state index contributed by atoms with van der Waals surface area (Å²) in [5.74, 6) is -0.652. The van der Waals surface area contributed by atoms with Crippen LogP contribution in [0.4, 0.5) is 4.39 Å². The third kappa shape index (κ3) is 3.10. The molecule has 4 rings (SSSR count). The van der Waals surface area contributed by atoms with Crippen LogP contribution < -0.4 is 0 Å². The maximum Gasteiger partial charge on any atom is 0.309 e. The van der Waals surface area contributed by atoms with E-state index in [1.54, 1.807) is 12.1 Å². The van der Waals surface area contributed by atoms with E-state index >= 15 is 0 Å². The smallest absolute Gasteiger partial charge is 0.309 e. The minimum atomic E-state index is -0.991. The summed E-state index contributed by atoms with van der Waals surface area (Å²) < 4.78 is 21.3. The number of carbonyl (C=O) groups is 1. The van der Waals surface area contributed by atoms with Gasteiger partial charge in [0.25, 0.3) is 0 Å². The molecule has 0 amide bonds. The van der Waals surface area contributed by atoms with Gasteiger partial charge in [-0.15, -0.1) is 0 Å². The van der Waals surface area contributed by atoms with Gasteiger partial charge in [-0.05, 0) is 43.3 Å². The lowest BCUT2D eigenvalue weighted by atomic mass is 10.2. The molecule has 0 spiro atoms. The number of para-hydroxylation sites is 1. The molecule has 136 valence electrons. The predicted octanol–water partition coefficient (Wildman–Crippen LogP) is 4.75. The van der Waals surface area contributed by atoms with Crippen LogP contribution in [0.2, 0.25) is 0 Å². The lowest BCUT2D eigenvalue weighted by Gasteiger charge is -2.06. The summed E-state index contributed by atoms with van der Waals surface area (Å²) >= 11 is 0. The first-order chi connectivity index (χ1) is 13.1. The molecule has 2 aromatic heterocycles. The molecule has 0 bridgehead atoms. The Kier molecular flexibility index (Phi) is 4.24. The standard InChI is InChI=1S/C21H17FN2O3/c1-2-24-17-6-4-3-5-14(17)11-18(24)20-16(12-19(25)26)23-21(27-20)13-7-9-15(22)10-8-13/h3-11H,2,12H2,1H3,(H,25,26). The summed E-state index contributed by atoms with van der Waals surface area (Å²) in [5, 5.41) is 10.3. The van der Waals surface area contributed by atoms with Crippen molar-refractivity contribution >= 4 is 16.9 Å². The highest BCUT2D eigenvalue weighted by molar-refractivity contribution is 5.87. The second-order valence-electron chi connectivity index (χ2n) is 6.20. The van der Waals surface area contributed by atoms with E-state index in [-0.39, 0.29) is 18.1 Å². The molecule has 0 radical (unpaired) electrons. The van der Waals surface area contributed by atoms with Gasteiger partial charge in [-0.25, -0.2) is 9.37 Å². The van der Waals surface area contributed by atoms with Gasteiger partial charge in [-0.2, -0.15) is 0 Å². The molecular formula is C21H17FN2O3. The highest BCUT2D eigenvalue weighted by Crippen LogP contribution is 2.34. The van der Waals surface area contributed by atoms with Gasteiger partial charge >= 0.3 is 5.97 Å². The fourth-order valence-electron chi connectivity index (χ4n) is 3.27. The van der Waals surface area contributed by atoms with E-state index in [9.17, 15) is 14.3 Å². The molecule has 27 heavy (non-hydrogen) atoms. The van der Waals surface area contributed by atoms with Gasteiger partial charge in [0.2, 0.25) is 5.89 Å². The molecule has 0 aliphatic heterocycles. The number of halogens is 1. The van der Waals surface area contributed by atoms with Crippen molar-refractivity contribution in [2.24, 2.45) is 0 Å². The Labute approximate surface area is 154 Å². The summed E-state index contributed by atoms with van der Waals surface area (Å²) in [4.78, 5) is 15.7. The Balaban J connectivity index is 1.91. The zero-order valence-electron chi connectivity index (χ0n) is 14.6. The van der Waals surface area contributed by atoms with Gasteiger partial charge in [0.1, 0.15) is 11.5 Å². The average molecular weight is 364 g/mol. The Morgan fingerprint density at radius 1 is 1.19 bits per heavy atom. The highest BCUT2D eigenvalue weighted by atomic mass is 19.1. The van der Waals surface area contributed by atoms with Crippen LogP contribution in [0.3, 0.4) is 0 Å². The number of hydrogen-bond acceptors (Lipinski definition) is 3. The Morgan fingerprint density at radius 2 is 1.93 bits per heavy atom. The van der Waals surface area contributed by atoms with Crippen molar-refractivity contribution in [1.82, 2.24) is 9.55 Å². The molecule has 0 saturated carbocycles. The number of benzene rings is 2. The fraction of sp³-hybridized carbons (Fsp3) is 0.143. The maximum atomic E-state index is 13.2. The van der Waals surface area contributed by atoms with Crippen molar-refractivity contribution in [3.8, 4) is 22.9 Å². The van der Waals surface area contributed by atoms with Crippen LogP contribution in [0.5, 0.6) is 0 Å². The minimum absolute atomic E-state index is 0.259. The number of aryl methyl sites for hydroxylation is 1. The van der Waals surface area contributed by atoms with E-state index in [0.717, 1.165) is 16.6 Å². The average Bonchev–Trinajstić information content (AvgIpc) is 3.22. The fourth-order valence-corrected chi connectivity index (χ4v) is 3.27. The third-order valence-corrected chi connectivity index (χ3v) is 4.47. The summed E-state index contributed by atoms with van der Waals surface area (Å²) in [6, 6.07) is 15.7. The first kappa shape index (κ1) is 17.0. The SMILES string of the molecule is CCn1c(-c2oc(-c3ccc(F)cc3)nc2CC(=O)O)cc2ccccc21. The quantitative estimate of drug-likeness (QED) is 0.555. The number of aliphatic carboxylic acids is 1. The molecule has 0 fully saturated rings. The van der Waals surface area contributed by atoms with Crippen molar-refractivity contribution < 1.29 is 18.7 Å². The number of fused-ring (bicyclic) bond motifs is 1. The van der Waals surface area contributed by atoms with Crippen LogP contribution in [0.1, 0.15) is 12.6 Å². The zero-order chi connectivity index (χ0) is 19.0. The molecule has 2 heterocycles. The first-order valence-corrected chi connectivity index (χ1v) is 8.63. The van der Waals surface area contributed by atoms with E-state index in [1.165, 1.54) is 12.1 Å². The van der Waals surface area contributed by atoms with E-state index in [2.05, 4.69) is 9.55 Å². The first-order valence-electron chi connectivity index (χ1n) is 8.63. The number of nitrogens with zero attached hydrogens (tertiary/aromatic N) is 2. The van der Waals surface area contributed by atoms with E-state index in [4.69, 9.17) is 4.42 Å². The Hall–Kier alpha value is -3.41. The van der Waals surface area contributed by atoms with Crippen molar-refractivity contribution in [1.29, 1.82) is 0 Å².